The van der Waals surface area contributed by atoms with Gasteiger partial charge in [0.15, 0.2) is 0 Å². The average Bonchev–Trinajstić information content (AvgIpc) is 2.94. The topological polar surface area (TPSA) is 54.0 Å². The zero-order valence-corrected chi connectivity index (χ0v) is 13.3. The van der Waals surface area contributed by atoms with Crippen LogP contribution in [0.5, 0.6) is 0 Å². The SMILES string of the molecule is CCc1nc(CNC(=O)CC(C)C2CCCNC2)cs1. The van der Waals surface area contributed by atoms with Crippen LogP contribution in [0.1, 0.15) is 43.8 Å². The highest BCUT2D eigenvalue weighted by Crippen LogP contribution is 2.22. The highest BCUT2D eigenvalue weighted by atomic mass is 32.1. The number of thiazole rings is 1. The zero-order valence-electron chi connectivity index (χ0n) is 12.4. The second kappa shape index (κ2) is 7.74. The fraction of sp³-hybridized carbons (Fsp3) is 0.733. The molecule has 0 aromatic carbocycles. The molecule has 0 spiro atoms. The normalized spacial score (nSPS) is 20.6. The highest BCUT2D eigenvalue weighted by Gasteiger charge is 2.21. The molecule has 0 aliphatic carbocycles. The van der Waals surface area contributed by atoms with E-state index in [1.165, 1.54) is 12.8 Å². The molecule has 0 bridgehead atoms. The number of nitrogens with one attached hydrogen (secondary N) is 2. The summed E-state index contributed by atoms with van der Waals surface area (Å²) < 4.78 is 0. The largest absolute Gasteiger partial charge is 0.350 e. The number of aromatic nitrogens is 1. The number of carbonyl (C=O) groups excluding carboxylic acids is 1. The minimum atomic E-state index is 0.147. The Morgan fingerprint density at radius 3 is 3.15 bits per heavy atom. The van der Waals surface area contributed by atoms with Crippen LogP contribution in [0.2, 0.25) is 0 Å². The van der Waals surface area contributed by atoms with Crippen LogP contribution in [0.4, 0.5) is 0 Å². The van der Waals surface area contributed by atoms with Crippen molar-refractivity contribution in [2.75, 3.05) is 13.1 Å². The summed E-state index contributed by atoms with van der Waals surface area (Å²) in [5.41, 5.74) is 0.979. The third-order valence-corrected chi connectivity index (χ3v) is 5.06. The first kappa shape index (κ1) is 15.4. The van der Waals surface area contributed by atoms with Gasteiger partial charge in [0, 0.05) is 11.8 Å². The van der Waals surface area contributed by atoms with Crippen molar-refractivity contribution in [3.8, 4) is 0 Å². The first-order valence-corrected chi connectivity index (χ1v) is 8.47. The Hall–Kier alpha value is -0.940. The van der Waals surface area contributed by atoms with Crippen molar-refractivity contribution in [1.82, 2.24) is 15.6 Å². The van der Waals surface area contributed by atoms with E-state index in [9.17, 15) is 4.79 Å². The van der Waals surface area contributed by atoms with Crippen LogP contribution < -0.4 is 10.6 Å². The molecular weight excluding hydrogens is 270 g/mol. The summed E-state index contributed by atoms with van der Waals surface area (Å²) >= 11 is 1.67. The summed E-state index contributed by atoms with van der Waals surface area (Å²) in [5, 5.41) is 9.58. The standard InChI is InChI=1S/C15H25N3OS/c1-3-15-18-13(10-20-15)9-17-14(19)7-11(2)12-5-4-6-16-8-12/h10-12,16H,3-9H2,1-2H3,(H,17,19). The molecule has 1 saturated heterocycles. The van der Waals surface area contributed by atoms with Gasteiger partial charge in [0.2, 0.25) is 5.91 Å². The third-order valence-electron chi connectivity index (χ3n) is 4.02. The van der Waals surface area contributed by atoms with Crippen LogP contribution >= 0.6 is 11.3 Å². The van der Waals surface area contributed by atoms with Crippen LogP contribution in [0.25, 0.3) is 0 Å². The van der Waals surface area contributed by atoms with Gasteiger partial charge in [-0.05, 0) is 44.2 Å². The minimum absolute atomic E-state index is 0.147. The Kier molecular flexibility index (Phi) is 5.98. The van der Waals surface area contributed by atoms with Gasteiger partial charge >= 0.3 is 0 Å². The summed E-state index contributed by atoms with van der Waals surface area (Å²) in [7, 11) is 0. The average molecular weight is 295 g/mol. The van der Waals surface area contributed by atoms with E-state index in [1.807, 2.05) is 5.38 Å². The molecule has 1 aromatic heterocycles. The predicted octanol–water partition coefficient (Wildman–Crippen LogP) is 2.35. The van der Waals surface area contributed by atoms with E-state index in [4.69, 9.17) is 0 Å². The van der Waals surface area contributed by atoms with Crippen LogP contribution in [0.3, 0.4) is 0 Å². The Bertz CT molecular complexity index is 427. The number of hydrogen-bond donors (Lipinski definition) is 2. The van der Waals surface area contributed by atoms with Crippen molar-refractivity contribution in [2.45, 2.75) is 46.1 Å². The lowest BCUT2D eigenvalue weighted by molar-refractivity contribution is -0.122. The molecule has 2 rings (SSSR count). The van der Waals surface area contributed by atoms with E-state index in [0.717, 1.165) is 30.2 Å². The third kappa shape index (κ3) is 4.56. The zero-order chi connectivity index (χ0) is 14.4. The first-order valence-electron chi connectivity index (χ1n) is 7.59. The maximum Gasteiger partial charge on any atom is 0.220 e. The number of rotatable bonds is 6. The van der Waals surface area contributed by atoms with Gasteiger partial charge in [-0.3, -0.25) is 4.79 Å². The van der Waals surface area contributed by atoms with E-state index in [0.29, 0.717) is 24.8 Å². The van der Waals surface area contributed by atoms with E-state index in [2.05, 4.69) is 29.5 Å². The van der Waals surface area contributed by atoms with Crippen molar-refractivity contribution in [1.29, 1.82) is 0 Å². The molecule has 4 nitrogen and oxygen atoms in total. The Morgan fingerprint density at radius 2 is 2.50 bits per heavy atom. The Balaban J connectivity index is 1.71. The molecule has 1 aliphatic rings. The molecule has 20 heavy (non-hydrogen) atoms. The molecule has 2 N–H and O–H groups in total. The van der Waals surface area contributed by atoms with E-state index in [1.54, 1.807) is 11.3 Å². The molecule has 1 fully saturated rings. The maximum atomic E-state index is 12.0. The van der Waals surface area contributed by atoms with Gasteiger partial charge in [-0.1, -0.05) is 13.8 Å². The fourth-order valence-corrected chi connectivity index (χ4v) is 3.42. The lowest BCUT2D eigenvalue weighted by Gasteiger charge is -2.27. The van der Waals surface area contributed by atoms with Crippen LogP contribution in [0.15, 0.2) is 5.38 Å². The molecule has 1 aromatic rings. The monoisotopic (exact) mass is 295 g/mol. The molecule has 112 valence electrons. The quantitative estimate of drug-likeness (QED) is 0.847. The van der Waals surface area contributed by atoms with Crippen molar-refractivity contribution >= 4 is 17.2 Å². The predicted molar refractivity (Wildman–Crippen MR) is 82.7 cm³/mol. The molecule has 0 radical (unpaired) electrons. The molecule has 2 unspecified atom stereocenters. The van der Waals surface area contributed by atoms with Crippen LogP contribution in [0, 0.1) is 11.8 Å². The van der Waals surface area contributed by atoms with Gasteiger partial charge < -0.3 is 10.6 Å². The van der Waals surface area contributed by atoms with Gasteiger partial charge in [0.1, 0.15) is 0 Å². The first-order chi connectivity index (χ1) is 9.69. The summed E-state index contributed by atoms with van der Waals surface area (Å²) in [5.74, 6) is 1.24. The van der Waals surface area contributed by atoms with Gasteiger partial charge in [0.25, 0.3) is 0 Å². The number of amides is 1. The van der Waals surface area contributed by atoms with Gasteiger partial charge in [-0.2, -0.15) is 0 Å². The lowest BCUT2D eigenvalue weighted by Crippen LogP contribution is -2.35. The summed E-state index contributed by atoms with van der Waals surface area (Å²) in [6.07, 6.45) is 4.06. The second-order valence-electron chi connectivity index (χ2n) is 5.65. The van der Waals surface area contributed by atoms with Crippen molar-refractivity contribution in [3.63, 3.8) is 0 Å². The van der Waals surface area contributed by atoms with Crippen molar-refractivity contribution in [3.05, 3.63) is 16.1 Å². The fourth-order valence-electron chi connectivity index (χ4n) is 2.68. The number of piperidine rings is 1. The van der Waals surface area contributed by atoms with E-state index >= 15 is 0 Å². The molecule has 2 heterocycles. The van der Waals surface area contributed by atoms with Crippen molar-refractivity contribution in [2.24, 2.45) is 11.8 Å². The Morgan fingerprint density at radius 1 is 1.65 bits per heavy atom. The highest BCUT2D eigenvalue weighted by molar-refractivity contribution is 7.09. The Labute approximate surface area is 125 Å². The molecule has 0 saturated carbocycles. The molecular formula is C15H25N3OS. The van der Waals surface area contributed by atoms with Gasteiger partial charge in [-0.25, -0.2) is 4.98 Å². The second-order valence-corrected chi connectivity index (χ2v) is 6.59. The molecule has 2 atom stereocenters. The van der Waals surface area contributed by atoms with E-state index < -0.39 is 0 Å². The summed E-state index contributed by atoms with van der Waals surface area (Å²) in [6.45, 7) is 7.03. The number of aryl methyl sites for hydroxylation is 1. The minimum Gasteiger partial charge on any atom is -0.350 e. The molecule has 1 amide bonds. The number of hydrogen-bond acceptors (Lipinski definition) is 4. The van der Waals surface area contributed by atoms with E-state index in [-0.39, 0.29) is 5.91 Å². The molecule has 1 aliphatic heterocycles. The number of carbonyl (C=O) groups is 1. The smallest absolute Gasteiger partial charge is 0.220 e. The van der Waals surface area contributed by atoms with Crippen LogP contribution in [-0.4, -0.2) is 24.0 Å². The summed E-state index contributed by atoms with van der Waals surface area (Å²) in [6, 6.07) is 0. The van der Waals surface area contributed by atoms with Crippen LogP contribution in [-0.2, 0) is 17.8 Å². The lowest BCUT2D eigenvalue weighted by atomic mass is 9.85. The van der Waals surface area contributed by atoms with Gasteiger partial charge in [-0.15, -0.1) is 11.3 Å². The molecule has 5 heteroatoms. The van der Waals surface area contributed by atoms with Crippen molar-refractivity contribution < 1.29 is 4.79 Å². The maximum absolute atomic E-state index is 12.0. The summed E-state index contributed by atoms with van der Waals surface area (Å²) in [4.78, 5) is 16.5. The number of nitrogens with zero attached hydrogens (tertiary/aromatic N) is 1. The van der Waals surface area contributed by atoms with Gasteiger partial charge in [0.05, 0.1) is 17.2 Å².